The van der Waals surface area contributed by atoms with Crippen molar-refractivity contribution in [2.45, 2.75) is 214 Å². The molecule has 8 atom stereocenters. The van der Waals surface area contributed by atoms with E-state index in [4.69, 9.17) is 4.74 Å². The van der Waals surface area contributed by atoms with Crippen LogP contribution in [0.1, 0.15) is 162 Å². The van der Waals surface area contributed by atoms with Gasteiger partial charge in [-0.15, -0.1) is 0 Å². The third-order valence-corrected chi connectivity index (χ3v) is 20.3. The number of anilines is 1. The number of rotatable bonds is 47. The summed E-state index contributed by atoms with van der Waals surface area (Å²) in [5.41, 5.74) is 2.73. The summed E-state index contributed by atoms with van der Waals surface area (Å²) in [5, 5.41) is 67.2. The van der Waals surface area contributed by atoms with Crippen molar-refractivity contribution < 1.29 is 119 Å². The van der Waals surface area contributed by atoms with Gasteiger partial charge in [0, 0.05) is 92.3 Å². The van der Waals surface area contributed by atoms with Gasteiger partial charge in [-0.25, -0.2) is 0 Å². The highest BCUT2D eigenvalue weighted by Crippen LogP contribution is 2.49. The van der Waals surface area contributed by atoms with Crippen LogP contribution >= 0.6 is 0 Å². The molecule has 0 spiro atoms. The smallest absolute Gasteiger partial charge is 0.303 e. The molecule has 36 nitrogen and oxygen atoms in total. The number of likely N-dealkylation sites (N-methyl/N-ethyl adjacent to an activating group) is 1. The van der Waals surface area contributed by atoms with Crippen molar-refractivity contribution >= 4 is 121 Å². The third kappa shape index (κ3) is 28.3. The maximum Gasteiger partial charge on any atom is 0.303 e. The SMILES string of the molecule is CNC(=O)[C@H](CC(C)C)NC(=O)[C@@H]1CCCN1C(=O)COCCNC(=O)[C@@H](CCC(=O)O)NC(=O)[C@@H](CCC(=O)O)NC(=O)[C@@H](CCC(=O)O)NC(=O)[C@@H](CCC(=O)O)NC(=O)[C@@H](CCC(=O)O)NC(=O)CCCCCN1/C(=C/C=C/C=C/C=C/C2=Nc3ccc(S(=O)[O-])cc3C2(C)C)C(C)(C)c2cc(S(=O)(=O)O)ccc21. The van der Waals surface area contributed by atoms with E-state index in [1.807, 2.05) is 58.6 Å². The lowest BCUT2D eigenvalue weighted by Gasteiger charge is -2.27. The zero-order chi connectivity index (χ0) is 83.4. The third-order valence-electron chi connectivity index (χ3n) is 18.8. The van der Waals surface area contributed by atoms with E-state index in [1.165, 1.54) is 30.1 Å². The monoisotopic (exact) mass is 1610 g/mol. The van der Waals surface area contributed by atoms with E-state index >= 15 is 0 Å². The number of allylic oxidation sites excluding steroid dienone is 8. The molecule has 0 radical (unpaired) electrons. The normalized spacial score (nSPS) is 17.1. The average Bonchev–Trinajstić information content (AvgIpc) is 1.59. The van der Waals surface area contributed by atoms with Crippen molar-refractivity contribution in [3.8, 4) is 0 Å². The number of carboxylic acid groups (broad SMARTS) is 5. The van der Waals surface area contributed by atoms with E-state index in [9.17, 15) is 114 Å². The number of carbonyl (C=O) groups is 14. The number of amides is 9. The number of ether oxygens (including phenoxy) is 1. The van der Waals surface area contributed by atoms with Gasteiger partial charge in [0.15, 0.2) is 0 Å². The average molecular weight is 1610 g/mol. The number of likely N-dealkylation sites (tertiary alicyclic amines) is 1. The van der Waals surface area contributed by atoms with Crippen LogP contribution in [-0.4, -0.2) is 223 Å². The minimum atomic E-state index is -4.60. The van der Waals surface area contributed by atoms with Crippen molar-refractivity contribution in [1.82, 2.24) is 47.4 Å². The lowest BCUT2D eigenvalue weighted by Crippen LogP contribution is -2.59. The molecule has 0 aliphatic carbocycles. The summed E-state index contributed by atoms with van der Waals surface area (Å²) in [4.78, 5) is 190. The van der Waals surface area contributed by atoms with Gasteiger partial charge in [0.25, 0.3) is 10.1 Å². The number of hydrogen-bond acceptors (Lipinski definition) is 21. The molecule has 1 fully saturated rings. The molecule has 112 heavy (non-hydrogen) atoms. The van der Waals surface area contributed by atoms with Crippen LogP contribution in [0, 0.1) is 5.92 Å². The van der Waals surface area contributed by atoms with E-state index in [-0.39, 0.29) is 48.2 Å². The molecule has 0 bridgehead atoms. The maximum atomic E-state index is 14.2. The zero-order valence-corrected chi connectivity index (χ0v) is 64.9. The molecule has 2 aromatic carbocycles. The number of nitrogens with one attached hydrogen (secondary N) is 8. The molecule has 614 valence electrons. The van der Waals surface area contributed by atoms with Gasteiger partial charge in [-0.3, -0.25) is 80.9 Å². The number of carbonyl (C=O) groups excluding carboxylic acids is 9. The molecule has 1 unspecified atom stereocenters. The quantitative estimate of drug-likeness (QED) is 0.0196. The first kappa shape index (κ1) is 92.0. The molecule has 3 aliphatic rings. The number of carboxylic acids is 5. The Morgan fingerprint density at radius 2 is 1.12 bits per heavy atom. The van der Waals surface area contributed by atoms with Crippen LogP contribution in [0.15, 0.2) is 99.4 Å². The van der Waals surface area contributed by atoms with Crippen molar-refractivity contribution in [2.24, 2.45) is 10.9 Å². The van der Waals surface area contributed by atoms with Crippen molar-refractivity contribution in [1.29, 1.82) is 0 Å². The number of hydrogen-bond donors (Lipinski definition) is 14. The summed E-state index contributed by atoms with van der Waals surface area (Å²) in [5.74, 6) is -15.7. The van der Waals surface area contributed by atoms with Gasteiger partial charge < -0.3 is 87.2 Å². The predicted molar refractivity (Wildman–Crippen MR) is 402 cm³/mol. The molecule has 3 heterocycles. The lowest BCUT2D eigenvalue weighted by atomic mass is 9.81. The Morgan fingerprint density at radius 1 is 0.616 bits per heavy atom. The highest BCUT2D eigenvalue weighted by atomic mass is 32.2. The number of aliphatic carboxylic acids is 5. The molecule has 1 saturated heterocycles. The second-order valence-electron chi connectivity index (χ2n) is 28.4. The molecule has 38 heteroatoms. The fourth-order valence-corrected chi connectivity index (χ4v) is 13.7. The summed E-state index contributed by atoms with van der Waals surface area (Å²) in [7, 11) is -3.17. The van der Waals surface area contributed by atoms with E-state index < -0.39 is 228 Å². The number of aliphatic imine (C=N–C) groups is 1. The van der Waals surface area contributed by atoms with Crippen LogP contribution in [0.4, 0.5) is 11.4 Å². The van der Waals surface area contributed by atoms with Crippen molar-refractivity contribution in [2.75, 3.05) is 44.8 Å². The first-order chi connectivity index (χ1) is 52.7. The molecule has 9 amide bonds. The largest absolute Gasteiger partial charge is 0.768 e. The summed E-state index contributed by atoms with van der Waals surface area (Å²) >= 11 is -2.41. The fraction of sp³-hybridized carbons (Fsp3) is 0.527. The molecule has 0 aromatic heterocycles. The Balaban J connectivity index is 1.23. The Bertz CT molecular complexity index is 4130. The Hall–Kier alpha value is -10.6. The molecule has 0 saturated carbocycles. The van der Waals surface area contributed by atoms with E-state index in [0.717, 1.165) is 11.3 Å². The van der Waals surface area contributed by atoms with Crippen LogP contribution in [-0.2, 0) is 104 Å². The van der Waals surface area contributed by atoms with Gasteiger partial charge in [-0.05, 0) is 141 Å². The summed E-state index contributed by atoms with van der Waals surface area (Å²) in [6.07, 6.45) is 7.15. The Labute approximate surface area is 650 Å². The topological polar surface area (TPSA) is 559 Å². The van der Waals surface area contributed by atoms with Gasteiger partial charge >= 0.3 is 29.8 Å². The molecule has 3 aliphatic heterocycles. The van der Waals surface area contributed by atoms with Crippen LogP contribution in [0.25, 0.3) is 0 Å². The molecular formula is C74H100N11O25S2-. The molecule has 5 rings (SSSR count). The summed E-state index contributed by atoms with van der Waals surface area (Å²) in [6.45, 7) is 10.7. The van der Waals surface area contributed by atoms with Crippen LogP contribution in [0.5, 0.6) is 0 Å². The first-order valence-electron chi connectivity index (χ1n) is 36.4. The molecule has 14 N–H and O–H groups in total. The Morgan fingerprint density at radius 3 is 1.62 bits per heavy atom. The molecule has 2 aromatic rings. The van der Waals surface area contributed by atoms with Crippen molar-refractivity contribution in [3.63, 3.8) is 0 Å². The number of unbranched alkanes of at least 4 members (excludes halogenated alkanes) is 2. The van der Waals surface area contributed by atoms with Crippen LogP contribution in [0.3, 0.4) is 0 Å². The van der Waals surface area contributed by atoms with Gasteiger partial charge in [-0.1, -0.05) is 78.3 Å². The summed E-state index contributed by atoms with van der Waals surface area (Å²) < 4.78 is 63.3. The zero-order valence-electron chi connectivity index (χ0n) is 63.3. The second-order valence-corrected chi connectivity index (χ2v) is 30.7. The number of fused-ring (bicyclic) bond motifs is 2. The van der Waals surface area contributed by atoms with Gasteiger partial charge in [-0.2, -0.15) is 8.42 Å². The minimum Gasteiger partial charge on any atom is -0.768 e. The van der Waals surface area contributed by atoms with Gasteiger partial charge in [0.05, 0.1) is 22.9 Å². The highest BCUT2D eigenvalue weighted by Gasteiger charge is 2.42. The second kappa shape index (κ2) is 43.3. The lowest BCUT2D eigenvalue weighted by molar-refractivity contribution is -0.142. The number of nitrogens with zero attached hydrogens (tertiary/aromatic N) is 3. The van der Waals surface area contributed by atoms with E-state index in [0.29, 0.717) is 61.3 Å². The Kier molecular flexibility index (Phi) is 35.6. The fourth-order valence-electron chi connectivity index (χ4n) is 12.8. The minimum absolute atomic E-state index is 0.0517. The number of benzene rings is 2. The van der Waals surface area contributed by atoms with E-state index in [1.54, 1.807) is 48.6 Å². The van der Waals surface area contributed by atoms with E-state index in [2.05, 4.69) is 47.5 Å². The molecular weight excluding hydrogens is 1510 g/mol. The summed E-state index contributed by atoms with van der Waals surface area (Å²) in [6, 6.07) is -1.92. The van der Waals surface area contributed by atoms with Gasteiger partial charge in [0.1, 0.15) is 48.9 Å². The van der Waals surface area contributed by atoms with Gasteiger partial charge in [0.2, 0.25) is 53.2 Å². The van der Waals surface area contributed by atoms with Crippen LogP contribution < -0.4 is 47.4 Å². The maximum absolute atomic E-state index is 14.2. The standard InChI is InChI=1S/C74H101N11O25S2/c1-43(2)39-54(66(98)75-7)83-72(104)56-17-16-37-85(56)60(87)42-110-38-35-76-67(99)49(24-30-61(88)89)79-69(101)51(26-32-63(92)93)81-71(103)53(28-34-65(96)97)82-70(102)52(27-33-64(94)95)80-68(100)50(25-31-62(90)91)78-59(86)20-14-11-15-36-84-55-29-22-45(112(107,108)109)41-47(55)74(5,6)58(84)19-13-10-8-9-12-18-57-73(3,4)46-40-44(111(105)106)21-23-48(46)77-57/h8-10,12-13,18-19,21-23,29,40-41,43,49-54,56H,11,14-17,20,24-28,30-39,42H2,1-7H3,(H,75,98)(H,76,99)(H,78,86)(H,79,101)(H,80,100)(H,81,103)(H,82,102)(H,83,104)(H,88,89)(H,90,91)(H,92,93)(H,94,95)(H,96,97)(H,105,106)(H,107,108,109)/p-1/b9-8+,13-10+,18-12+,58-19+/t49-,50-,51-,52-,53-,54+,56+/m1/s1. The highest BCUT2D eigenvalue weighted by molar-refractivity contribution is 7.85. The predicted octanol–water partition coefficient (Wildman–Crippen LogP) is 2.59. The van der Waals surface area contributed by atoms with Crippen LogP contribution in [0.2, 0.25) is 0 Å². The first-order valence-corrected chi connectivity index (χ1v) is 38.9. The van der Waals surface area contributed by atoms with Crippen molar-refractivity contribution in [3.05, 3.63) is 95.8 Å².